The Kier molecular flexibility index (Phi) is 5.33. The van der Waals surface area contributed by atoms with Gasteiger partial charge in [-0.05, 0) is 24.3 Å². The standard InChI is InChI=1S/C18H17N3O4S/c1-23-14-8-11(9-15(24-2)16(14)25-3)13-10-26-18(20-13)21-17(22)12-6-4-5-7-19-12/h4-10H,1-3H3,(H,20,21,22). The smallest absolute Gasteiger partial charge is 0.276 e. The first-order chi connectivity index (χ1) is 12.7. The van der Waals surface area contributed by atoms with Gasteiger partial charge in [-0.25, -0.2) is 4.98 Å². The van der Waals surface area contributed by atoms with Crippen molar-refractivity contribution in [1.29, 1.82) is 0 Å². The Hall–Kier alpha value is -3.13. The maximum atomic E-state index is 12.2. The van der Waals surface area contributed by atoms with Crippen molar-refractivity contribution in [3.8, 4) is 28.5 Å². The summed E-state index contributed by atoms with van der Waals surface area (Å²) in [5, 5.41) is 5.07. The Morgan fingerprint density at radius 1 is 1.08 bits per heavy atom. The van der Waals surface area contributed by atoms with E-state index in [1.54, 1.807) is 57.9 Å². The molecule has 8 heteroatoms. The number of ether oxygens (including phenoxy) is 3. The number of carbonyl (C=O) groups excluding carboxylic acids is 1. The van der Waals surface area contributed by atoms with Crippen LogP contribution in [0.3, 0.4) is 0 Å². The largest absolute Gasteiger partial charge is 0.493 e. The minimum absolute atomic E-state index is 0.309. The number of anilines is 1. The van der Waals surface area contributed by atoms with Crippen molar-refractivity contribution in [2.24, 2.45) is 0 Å². The number of rotatable bonds is 6. The van der Waals surface area contributed by atoms with E-state index >= 15 is 0 Å². The van der Waals surface area contributed by atoms with E-state index in [0.29, 0.717) is 33.8 Å². The molecular formula is C18H17N3O4S. The average molecular weight is 371 g/mol. The maximum Gasteiger partial charge on any atom is 0.276 e. The lowest BCUT2D eigenvalue weighted by Gasteiger charge is -2.13. The highest BCUT2D eigenvalue weighted by Gasteiger charge is 2.16. The molecule has 0 aliphatic rings. The molecule has 2 aromatic heterocycles. The molecule has 0 spiro atoms. The number of pyridine rings is 1. The fourth-order valence-corrected chi connectivity index (χ4v) is 3.07. The molecule has 1 N–H and O–H groups in total. The third-order valence-electron chi connectivity index (χ3n) is 3.58. The number of benzene rings is 1. The second kappa shape index (κ2) is 7.83. The van der Waals surface area contributed by atoms with Gasteiger partial charge in [-0.1, -0.05) is 6.07 Å². The number of aromatic nitrogens is 2. The van der Waals surface area contributed by atoms with Gasteiger partial charge >= 0.3 is 0 Å². The van der Waals surface area contributed by atoms with E-state index in [1.807, 2.05) is 5.38 Å². The summed E-state index contributed by atoms with van der Waals surface area (Å²) in [7, 11) is 4.66. The molecule has 0 fully saturated rings. The SMILES string of the molecule is COc1cc(-c2csc(NC(=O)c3ccccn3)n2)cc(OC)c1OC. The average Bonchev–Trinajstić information content (AvgIpc) is 3.15. The zero-order valence-electron chi connectivity index (χ0n) is 14.5. The molecule has 2 heterocycles. The number of amides is 1. The zero-order valence-corrected chi connectivity index (χ0v) is 15.3. The Morgan fingerprint density at radius 2 is 1.81 bits per heavy atom. The molecule has 7 nitrogen and oxygen atoms in total. The third-order valence-corrected chi connectivity index (χ3v) is 4.34. The molecule has 0 bridgehead atoms. The number of nitrogens with one attached hydrogen (secondary N) is 1. The molecule has 0 radical (unpaired) electrons. The molecule has 0 unspecified atom stereocenters. The van der Waals surface area contributed by atoms with Crippen LogP contribution < -0.4 is 19.5 Å². The summed E-state index contributed by atoms with van der Waals surface area (Å²) < 4.78 is 16.0. The van der Waals surface area contributed by atoms with Crippen LogP contribution in [-0.2, 0) is 0 Å². The fraction of sp³-hybridized carbons (Fsp3) is 0.167. The summed E-state index contributed by atoms with van der Waals surface area (Å²) in [6.07, 6.45) is 1.57. The van der Waals surface area contributed by atoms with E-state index < -0.39 is 0 Å². The van der Waals surface area contributed by atoms with E-state index in [9.17, 15) is 4.79 Å². The van der Waals surface area contributed by atoms with Gasteiger partial charge in [-0.2, -0.15) is 0 Å². The lowest BCUT2D eigenvalue weighted by atomic mass is 10.1. The van der Waals surface area contributed by atoms with Gasteiger partial charge in [0.15, 0.2) is 16.6 Å². The van der Waals surface area contributed by atoms with Crippen LogP contribution in [0.25, 0.3) is 11.3 Å². The highest BCUT2D eigenvalue weighted by molar-refractivity contribution is 7.14. The van der Waals surface area contributed by atoms with Crippen molar-refractivity contribution in [3.05, 3.63) is 47.6 Å². The van der Waals surface area contributed by atoms with E-state index in [4.69, 9.17) is 14.2 Å². The Labute approximate surface area is 154 Å². The predicted molar refractivity (Wildman–Crippen MR) is 99.4 cm³/mol. The number of thiazole rings is 1. The second-order valence-electron chi connectivity index (χ2n) is 5.12. The van der Waals surface area contributed by atoms with Gasteiger partial charge in [0, 0.05) is 17.1 Å². The molecule has 26 heavy (non-hydrogen) atoms. The second-order valence-corrected chi connectivity index (χ2v) is 5.98. The summed E-state index contributed by atoms with van der Waals surface area (Å²) in [5.41, 5.74) is 1.80. The van der Waals surface area contributed by atoms with Crippen molar-refractivity contribution in [3.63, 3.8) is 0 Å². The van der Waals surface area contributed by atoms with Crippen molar-refractivity contribution in [1.82, 2.24) is 9.97 Å². The first kappa shape index (κ1) is 17.7. The third kappa shape index (κ3) is 3.60. The van der Waals surface area contributed by atoms with Gasteiger partial charge in [-0.3, -0.25) is 15.1 Å². The number of carbonyl (C=O) groups is 1. The predicted octanol–water partition coefficient (Wildman–Crippen LogP) is 3.48. The van der Waals surface area contributed by atoms with E-state index in [1.165, 1.54) is 11.3 Å². The van der Waals surface area contributed by atoms with Gasteiger partial charge in [0.1, 0.15) is 5.69 Å². The van der Waals surface area contributed by atoms with Gasteiger partial charge in [0.25, 0.3) is 5.91 Å². The molecule has 0 saturated heterocycles. The minimum Gasteiger partial charge on any atom is -0.493 e. The van der Waals surface area contributed by atoms with Gasteiger partial charge < -0.3 is 14.2 Å². The van der Waals surface area contributed by atoms with Crippen molar-refractivity contribution >= 4 is 22.4 Å². The van der Waals surface area contributed by atoms with E-state index in [0.717, 1.165) is 5.56 Å². The van der Waals surface area contributed by atoms with Crippen LogP contribution >= 0.6 is 11.3 Å². The molecule has 3 rings (SSSR count). The minimum atomic E-state index is -0.309. The van der Waals surface area contributed by atoms with Gasteiger partial charge in [0.05, 0.1) is 27.0 Å². The first-order valence-corrected chi connectivity index (χ1v) is 8.52. The number of methoxy groups -OCH3 is 3. The Bertz CT molecular complexity index is 887. The highest BCUT2D eigenvalue weighted by Crippen LogP contribution is 2.41. The maximum absolute atomic E-state index is 12.2. The first-order valence-electron chi connectivity index (χ1n) is 7.64. The molecule has 0 aliphatic heterocycles. The molecule has 1 aromatic carbocycles. The summed E-state index contributed by atoms with van der Waals surface area (Å²) in [6, 6.07) is 8.76. The monoisotopic (exact) mass is 371 g/mol. The summed E-state index contributed by atoms with van der Waals surface area (Å²) >= 11 is 1.32. The molecule has 0 aliphatic carbocycles. The van der Waals surface area contributed by atoms with Crippen LogP contribution in [0.5, 0.6) is 17.2 Å². The topological polar surface area (TPSA) is 82.6 Å². The Balaban J connectivity index is 1.87. The van der Waals surface area contributed by atoms with Crippen molar-refractivity contribution in [2.45, 2.75) is 0 Å². The summed E-state index contributed by atoms with van der Waals surface area (Å²) in [6.45, 7) is 0. The summed E-state index contributed by atoms with van der Waals surface area (Å²) in [5.74, 6) is 1.27. The van der Waals surface area contributed by atoms with Gasteiger partial charge in [0.2, 0.25) is 5.75 Å². The number of nitrogens with zero attached hydrogens (tertiary/aromatic N) is 2. The highest BCUT2D eigenvalue weighted by atomic mass is 32.1. The zero-order chi connectivity index (χ0) is 18.5. The molecule has 134 valence electrons. The van der Waals surface area contributed by atoms with Crippen LogP contribution in [0, 0.1) is 0 Å². The molecule has 3 aromatic rings. The van der Waals surface area contributed by atoms with Crippen LogP contribution in [0.4, 0.5) is 5.13 Å². The van der Waals surface area contributed by atoms with E-state index in [-0.39, 0.29) is 5.91 Å². The quantitative estimate of drug-likeness (QED) is 0.714. The van der Waals surface area contributed by atoms with Gasteiger partial charge in [-0.15, -0.1) is 11.3 Å². The normalized spacial score (nSPS) is 10.3. The van der Waals surface area contributed by atoms with Crippen molar-refractivity contribution in [2.75, 3.05) is 26.6 Å². The molecule has 0 saturated carbocycles. The van der Waals surface area contributed by atoms with Crippen LogP contribution in [0.15, 0.2) is 41.9 Å². The van der Waals surface area contributed by atoms with Crippen molar-refractivity contribution < 1.29 is 19.0 Å². The van der Waals surface area contributed by atoms with E-state index in [2.05, 4.69) is 15.3 Å². The Morgan fingerprint density at radius 3 is 2.38 bits per heavy atom. The lowest BCUT2D eigenvalue weighted by molar-refractivity contribution is 0.102. The summed E-state index contributed by atoms with van der Waals surface area (Å²) in [4.78, 5) is 20.7. The van der Waals surface area contributed by atoms with Crippen LogP contribution in [-0.4, -0.2) is 37.2 Å². The molecule has 1 amide bonds. The molecule has 0 atom stereocenters. The number of hydrogen-bond acceptors (Lipinski definition) is 7. The molecular weight excluding hydrogens is 354 g/mol. The van der Waals surface area contributed by atoms with Crippen LogP contribution in [0.1, 0.15) is 10.5 Å². The lowest BCUT2D eigenvalue weighted by Crippen LogP contribution is -2.13. The van der Waals surface area contributed by atoms with Crippen LogP contribution in [0.2, 0.25) is 0 Å². The fourth-order valence-electron chi connectivity index (χ4n) is 2.35. The number of hydrogen-bond donors (Lipinski definition) is 1.